The van der Waals surface area contributed by atoms with Gasteiger partial charge in [-0.25, -0.2) is 0 Å². The lowest BCUT2D eigenvalue weighted by atomic mass is 9.93. The fraction of sp³-hybridized carbons (Fsp3) is 0.571. The van der Waals surface area contributed by atoms with Gasteiger partial charge in [0, 0.05) is 16.1 Å². The van der Waals surface area contributed by atoms with Gasteiger partial charge in [0.1, 0.15) is 5.75 Å². The zero-order valence-electron chi connectivity index (χ0n) is 10.7. The highest BCUT2D eigenvalue weighted by molar-refractivity contribution is 9.10. The van der Waals surface area contributed by atoms with Gasteiger partial charge in [0.25, 0.3) is 0 Å². The summed E-state index contributed by atoms with van der Waals surface area (Å²) in [6.45, 7) is 0.557. The van der Waals surface area contributed by atoms with Gasteiger partial charge in [-0.1, -0.05) is 28.8 Å². The van der Waals surface area contributed by atoms with Gasteiger partial charge in [-0.15, -0.1) is 0 Å². The maximum Gasteiger partial charge on any atom is 0.124 e. The molecule has 0 heterocycles. The number of ether oxygens (including phenoxy) is 2. The molecule has 0 aromatic heterocycles. The summed E-state index contributed by atoms with van der Waals surface area (Å²) in [6, 6.07) is 6.13. The minimum Gasteiger partial charge on any atom is -0.496 e. The van der Waals surface area contributed by atoms with E-state index in [0.29, 0.717) is 6.61 Å². The Morgan fingerprint density at radius 1 is 1.33 bits per heavy atom. The molecule has 100 valence electrons. The maximum atomic E-state index is 6.08. The highest BCUT2D eigenvalue weighted by Crippen LogP contribution is 2.26. The molecule has 0 bridgehead atoms. The number of halogens is 1. The van der Waals surface area contributed by atoms with E-state index in [4.69, 9.17) is 15.2 Å². The quantitative estimate of drug-likeness (QED) is 0.928. The standard InChI is InChI=1S/C14H20BrNO2/c1-17-13-7-6-11(15)8-10(13)9-18-14-5-3-2-4-12(14)16/h6-8,12,14H,2-5,9,16H2,1H3. The summed E-state index contributed by atoms with van der Waals surface area (Å²) in [5, 5.41) is 0. The minimum atomic E-state index is 0.178. The first-order chi connectivity index (χ1) is 8.70. The molecule has 4 heteroatoms. The highest BCUT2D eigenvalue weighted by Gasteiger charge is 2.22. The van der Waals surface area contributed by atoms with Gasteiger partial charge < -0.3 is 15.2 Å². The van der Waals surface area contributed by atoms with Gasteiger partial charge in [0.2, 0.25) is 0 Å². The smallest absolute Gasteiger partial charge is 0.124 e. The number of hydrogen-bond acceptors (Lipinski definition) is 3. The monoisotopic (exact) mass is 313 g/mol. The molecule has 1 fully saturated rings. The van der Waals surface area contributed by atoms with E-state index >= 15 is 0 Å². The second-order valence-electron chi connectivity index (χ2n) is 4.75. The normalized spacial score (nSPS) is 23.9. The largest absolute Gasteiger partial charge is 0.496 e. The van der Waals surface area contributed by atoms with Crippen molar-refractivity contribution < 1.29 is 9.47 Å². The van der Waals surface area contributed by atoms with Crippen LogP contribution in [0.25, 0.3) is 0 Å². The van der Waals surface area contributed by atoms with Crippen molar-refractivity contribution in [2.75, 3.05) is 7.11 Å². The van der Waals surface area contributed by atoms with Crippen molar-refractivity contribution in [3.05, 3.63) is 28.2 Å². The van der Waals surface area contributed by atoms with Crippen LogP contribution in [0.1, 0.15) is 31.2 Å². The third kappa shape index (κ3) is 3.46. The predicted octanol–water partition coefficient (Wildman–Crippen LogP) is 3.24. The Morgan fingerprint density at radius 3 is 2.83 bits per heavy atom. The van der Waals surface area contributed by atoms with Crippen molar-refractivity contribution in [1.29, 1.82) is 0 Å². The molecular formula is C14H20BrNO2. The van der Waals surface area contributed by atoms with Crippen LogP contribution < -0.4 is 10.5 Å². The fourth-order valence-electron chi connectivity index (χ4n) is 2.39. The van der Waals surface area contributed by atoms with E-state index in [9.17, 15) is 0 Å². The van der Waals surface area contributed by atoms with E-state index in [0.717, 1.165) is 28.6 Å². The first-order valence-corrected chi connectivity index (χ1v) is 7.19. The molecule has 1 aromatic rings. The van der Waals surface area contributed by atoms with Crippen LogP contribution in [0.4, 0.5) is 0 Å². The Morgan fingerprint density at radius 2 is 2.11 bits per heavy atom. The van der Waals surface area contributed by atoms with E-state index in [1.54, 1.807) is 7.11 Å². The lowest BCUT2D eigenvalue weighted by Gasteiger charge is -2.28. The Bertz CT molecular complexity index is 397. The van der Waals surface area contributed by atoms with Crippen LogP contribution in [0.3, 0.4) is 0 Å². The molecule has 2 atom stereocenters. The molecule has 2 N–H and O–H groups in total. The van der Waals surface area contributed by atoms with E-state index in [1.165, 1.54) is 12.8 Å². The highest BCUT2D eigenvalue weighted by atomic mass is 79.9. The van der Waals surface area contributed by atoms with Gasteiger partial charge in [-0.2, -0.15) is 0 Å². The van der Waals surface area contributed by atoms with E-state index < -0.39 is 0 Å². The van der Waals surface area contributed by atoms with Crippen LogP contribution in [0.15, 0.2) is 22.7 Å². The maximum absolute atomic E-state index is 6.08. The molecular weight excluding hydrogens is 294 g/mol. The first-order valence-electron chi connectivity index (χ1n) is 6.40. The molecule has 2 unspecified atom stereocenters. The van der Waals surface area contributed by atoms with Gasteiger partial charge in [-0.3, -0.25) is 0 Å². The summed E-state index contributed by atoms with van der Waals surface area (Å²) >= 11 is 3.47. The number of rotatable bonds is 4. The molecule has 1 saturated carbocycles. The number of benzene rings is 1. The molecule has 0 radical (unpaired) electrons. The average Bonchev–Trinajstić information content (AvgIpc) is 2.38. The number of hydrogen-bond donors (Lipinski definition) is 1. The molecule has 2 rings (SSSR count). The van der Waals surface area contributed by atoms with Crippen LogP contribution in [-0.2, 0) is 11.3 Å². The lowest BCUT2D eigenvalue weighted by molar-refractivity contribution is 0.00329. The van der Waals surface area contributed by atoms with Gasteiger partial charge in [0.15, 0.2) is 0 Å². The van der Waals surface area contributed by atoms with Crippen molar-refractivity contribution in [3.8, 4) is 5.75 Å². The fourth-order valence-corrected chi connectivity index (χ4v) is 2.80. The second-order valence-corrected chi connectivity index (χ2v) is 5.67. The summed E-state index contributed by atoms with van der Waals surface area (Å²) in [5.74, 6) is 0.864. The minimum absolute atomic E-state index is 0.178. The van der Waals surface area contributed by atoms with Crippen LogP contribution in [-0.4, -0.2) is 19.3 Å². The molecule has 0 spiro atoms. The summed E-state index contributed by atoms with van der Waals surface area (Å²) in [4.78, 5) is 0. The average molecular weight is 314 g/mol. The Kier molecular flexibility index (Phi) is 5.03. The van der Waals surface area contributed by atoms with Crippen molar-refractivity contribution in [1.82, 2.24) is 0 Å². The molecule has 1 aromatic carbocycles. The van der Waals surface area contributed by atoms with Crippen molar-refractivity contribution >= 4 is 15.9 Å². The summed E-state index contributed by atoms with van der Waals surface area (Å²) < 4.78 is 12.3. The molecule has 0 amide bonds. The SMILES string of the molecule is COc1ccc(Br)cc1COC1CCCCC1N. The van der Waals surface area contributed by atoms with Crippen molar-refractivity contribution in [3.63, 3.8) is 0 Å². The van der Waals surface area contributed by atoms with Crippen LogP contribution in [0.2, 0.25) is 0 Å². The third-order valence-corrected chi connectivity index (χ3v) is 3.94. The van der Waals surface area contributed by atoms with Crippen LogP contribution >= 0.6 is 15.9 Å². The molecule has 0 saturated heterocycles. The second kappa shape index (κ2) is 6.55. The first kappa shape index (κ1) is 13.8. The molecule has 3 nitrogen and oxygen atoms in total. The van der Waals surface area contributed by atoms with Crippen LogP contribution in [0.5, 0.6) is 5.75 Å². The third-order valence-electron chi connectivity index (χ3n) is 3.45. The number of methoxy groups -OCH3 is 1. The summed E-state index contributed by atoms with van der Waals surface area (Å²) in [5.41, 5.74) is 7.14. The summed E-state index contributed by atoms with van der Waals surface area (Å²) in [6.07, 6.45) is 4.76. The molecule has 0 aliphatic heterocycles. The Hall–Kier alpha value is -0.580. The van der Waals surface area contributed by atoms with E-state index in [1.807, 2.05) is 18.2 Å². The Labute approximate surface area is 117 Å². The molecule has 1 aliphatic carbocycles. The zero-order chi connectivity index (χ0) is 13.0. The van der Waals surface area contributed by atoms with E-state index in [2.05, 4.69) is 15.9 Å². The predicted molar refractivity (Wildman–Crippen MR) is 75.7 cm³/mol. The molecule has 18 heavy (non-hydrogen) atoms. The zero-order valence-corrected chi connectivity index (χ0v) is 12.3. The van der Waals surface area contributed by atoms with Gasteiger partial charge in [0.05, 0.1) is 19.8 Å². The van der Waals surface area contributed by atoms with Crippen molar-refractivity contribution in [2.45, 2.75) is 44.4 Å². The van der Waals surface area contributed by atoms with Gasteiger partial charge >= 0.3 is 0 Å². The van der Waals surface area contributed by atoms with Crippen LogP contribution in [0, 0.1) is 0 Å². The number of nitrogens with two attached hydrogens (primary N) is 1. The van der Waals surface area contributed by atoms with E-state index in [-0.39, 0.29) is 12.1 Å². The Balaban J connectivity index is 1.98. The molecule has 1 aliphatic rings. The lowest BCUT2D eigenvalue weighted by Crippen LogP contribution is -2.39. The topological polar surface area (TPSA) is 44.5 Å². The van der Waals surface area contributed by atoms with Gasteiger partial charge in [-0.05, 0) is 31.0 Å². The van der Waals surface area contributed by atoms with Crippen molar-refractivity contribution in [2.24, 2.45) is 5.73 Å². The summed E-state index contributed by atoms with van der Waals surface area (Å²) in [7, 11) is 1.68.